The Hall–Kier alpha value is -3.09. The summed E-state index contributed by atoms with van der Waals surface area (Å²) in [5, 5.41) is 13.5. The topological polar surface area (TPSA) is 74.7 Å². The number of fused-ring (bicyclic) bond motifs is 1. The molecule has 0 atom stereocenters. The van der Waals surface area contributed by atoms with Gasteiger partial charge in [-0.25, -0.2) is 4.79 Å². The number of nitrogens with one attached hydrogen (secondary N) is 1. The maximum Gasteiger partial charge on any atom is 0.337 e. The normalized spacial score (nSPS) is 13.7. The van der Waals surface area contributed by atoms with Gasteiger partial charge in [0, 0.05) is 34.6 Å². The zero-order chi connectivity index (χ0) is 18.1. The highest BCUT2D eigenvalue weighted by atomic mass is 35.5. The fourth-order valence-corrected chi connectivity index (χ4v) is 3.03. The van der Waals surface area contributed by atoms with Crippen LogP contribution in [0.4, 0.5) is 11.4 Å². The Kier molecular flexibility index (Phi) is 4.20. The van der Waals surface area contributed by atoms with E-state index in [1.807, 2.05) is 24.3 Å². The van der Waals surface area contributed by atoms with Crippen LogP contribution in [0.1, 0.15) is 15.9 Å². The molecule has 6 nitrogen and oxygen atoms in total. The van der Waals surface area contributed by atoms with E-state index < -0.39 is 5.97 Å². The van der Waals surface area contributed by atoms with E-state index in [9.17, 15) is 9.90 Å². The van der Waals surface area contributed by atoms with Crippen LogP contribution in [0.2, 0.25) is 0 Å². The quantitative estimate of drug-likeness (QED) is 0.665. The summed E-state index contributed by atoms with van der Waals surface area (Å²) in [7, 11) is 0. The number of hydroxylamine groups is 1. The van der Waals surface area contributed by atoms with Gasteiger partial charge in [0.05, 0.1) is 23.0 Å². The van der Waals surface area contributed by atoms with E-state index in [0.29, 0.717) is 12.3 Å². The van der Waals surface area contributed by atoms with Crippen molar-refractivity contribution in [1.29, 1.82) is 0 Å². The molecule has 1 aliphatic heterocycles. The lowest BCUT2D eigenvalue weighted by Gasteiger charge is -2.12. The molecule has 130 valence electrons. The van der Waals surface area contributed by atoms with Gasteiger partial charge in [-0.05, 0) is 35.9 Å². The highest BCUT2D eigenvalue weighted by molar-refractivity contribution is 6.14. The first-order valence-electron chi connectivity index (χ1n) is 7.89. The van der Waals surface area contributed by atoms with Gasteiger partial charge in [-0.15, -0.1) is 0 Å². The molecule has 0 amide bonds. The second kappa shape index (κ2) is 6.67. The first-order chi connectivity index (χ1) is 12.6. The molecule has 0 spiro atoms. The number of hydrogen-bond donors (Lipinski definition) is 2. The molecule has 1 aromatic heterocycles. The third kappa shape index (κ3) is 3.08. The van der Waals surface area contributed by atoms with Gasteiger partial charge in [0.2, 0.25) is 0 Å². The number of aromatic nitrogens is 1. The number of aromatic carboxylic acids is 1. The summed E-state index contributed by atoms with van der Waals surface area (Å²) in [4.78, 5) is 21.0. The largest absolute Gasteiger partial charge is 0.478 e. The monoisotopic (exact) mass is 367 g/mol. The molecule has 2 heterocycles. The number of nitrogens with zero attached hydrogens (tertiary/aromatic N) is 2. The van der Waals surface area contributed by atoms with E-state index >= 15 is 0 Å². The molecular weight excluding hydrogens is 354 g/mol. The van der Waals surface area contributed by atoms with E-state index in [1.165, 1.54) is 0 Å². The molecule has 0 radical (unpaired) electrons. The maximum absolute atomic E-state index is 11.4. The summed E-state index contributed by atoms with van der Waals surface area (Å²) in [6.45, 7) is 0.389. The van der Waals surface area contributed by atoms with Crippen LogP contribution >= 0.6 is 11.8 Å². The molecule has 3 aromatic rings. The lowest BCUT2D eigenvalue weighted by atomic mass is 10.0. The molecule has 2 N–H and O–H groups in total. The number of halogens is 1. The van der Waals surface area contributed by atoms with E-state index in [1.54, 1.807) is 36.7 Å². The highest BCUT2D eigenvalue weighted by Gasteiger charge is 2.15. The fraction of sp³-hybridized carbons (Fsp3) is 0.0526. The lowest BCUT2D eigenvalue weighted by Crippen LogP contribution is -2.03. The number of carboxylic acid groups (broad SMARTS) is 1. The van der Waals surface area contributed by atoms with E-state index in [2.05, 4.69) is 10.3 Å². The number of carbonyl (C=O) groups is 1. The van der Waals surface area contributed by atoms with Gasteiger partial charge in [0.15, 0.2) is 0 Å². The summed E-state index contributed by atoms with van der Waals surface area (Å²) < 4.78 is 1.16. The molecule has 4 rings (SSSR count). The van der Waals surface area contributed by atoms with Gasteiger partial charge in [-0.1, -0.05) is 18.2 Å². The van der Waals surface area contributed by atoms with Crippen LogP contribution in [-0.4, -0.2) is 27.2 Å². The van der Waals surface area contributed by atoms with Crippen molar-refractivity contribution in [3.05, 3.63) is 72.1 Å². The van der Waals surface area contributed by atoms with Crippen molar-refractivity contribution in [1.82, 2.24) is 9.57 Å². The number of para-hydroxylation sites is 1. The Balaban J connectivity index is 1.78. The third-order valence-corrected chi connectivity index (χ3v) is 4.34. The van der Waals surface area contributed by atoms with E-state index in [-0.39, 0.29) is 5.56 Å². The Labute approximate surface area is 154 Å². The number of benzene rings is 2. The smallest absolute Gasteiger partial charge is 0.337 e. The summed E-state index contributed by atoms with van der Waals surface area (Å²) in [5.74, 6) is -0.984. The molecule has 0 aliphatic carbocycles. The molecule has 0 saturated carbocycles. The molecule has 0 fully saturated rings. The van der Waals surface area contributed by atoms with Crippen molar-refractivity contribution < 1.29 is 14.7 Å². The van der Waals surface area contributed by atoms with Crippen LogP contribution in [0.25, 0.3) is 16.5 Å². The van der Waals surface area contributed by atoms with Gasteiger partial charge in [0.25, 0.3) is 0 Å². The molecular formula is C19H14ClN3O3. The zero-order valence-corrected chi connectivity index (χ0v) is 14.3. The predicted molar refractivity (Wildman–Crippen MR) is 100 cm³/mol. The van der Waals surface area contributed by atoms with Crippen LogP contribution in [-0.2, 0) is 4.84 Å². The minimum absolute atomic E-state index is 0.207. The first kappa shape index (κ1) is 16.4. The molecule has 0 bridgehead atoms. The minimum atomic E-state index is -0.984. The molecule has 0 unspecified atom stereocenters. The molecule has 7 heteroatoms. The first-order valence-corrected chi connectivity index (χ1v) is 8.23. The number of pyridine rings is 1. The number of rotatable bonds is 4. The lowest BCUT2D eigenvalue weighted by molar-refractivity contribution is -0.00807. The predicted octanol–water partition coefficient (Wildman–Crippen LogP) is 4.42. The highest BCUT2D eigenvalue weighted by Crippen LogP contribution is 2.31. The fourth-order valence-electron chi connectivity index (χ4n) is 2.86. The van der Waals surface area contributed by atoms with Crippen molar-refractivity contribution in [2.24, 2.45) is 0 Å². The van der Waals surface area contributed by atoms with E-state index in [0.717, 1.165) is 32.3 Å². The average molecular weight is 368 g/mol. The molecule has 26 heavy (non-hydrogen) atoms. The van der Waals surface area contributed by atoms with Crippen molar-refractivity contribution in [2.45, 2.75) is 0 Å². The summed E-state index contributed by atoms with van der Waals surface area (Å²) >= 11 is 5.82. The Bertz CT molecular complexity index is 1040. The van der Waals surface area contributed by atoms with Gasteiger partial charge in [0.1, 0.15) is 6.61 Å². The Morgan fingerprint density at radius 3 is 2.81 bits per heavy atom. The van der Waals surface area contributed by atoms with Gasteiger partial charge < -0.3 is 10.4 Å². The summed E-state index contributed by atoms with van der Waals surface area (Å²) in [5.41, 5.74) is 4.21. The van der Waals surface area contributed by atoms with Crippen LogP contribution in [0.5, 0.6) is 0 Å². The molecule has 1 aliphatic rings. The Morgan fingerprint density at radius 2 is 2.04 bits per heavy atom. The van der Waals surface area contributed by atoms with Crippen LogP contribution < -0.4 is 5.32 Å². The second-order valence-electron chi connectivity index (χ2n) is 5.77. The molecule has 0 saturated heterocycles. The number of hydrogen-bond acceptors (Lipinski definition) is 5. The average Bonchev–Trinajstić information content (AvgIpc) is 3.08. The summed E-state index contributed by atoms with van der Waals surface area (Å²) in [6.07, 6.45) is 3.40. The summed E-state index contributed by atoms with van der Waals surface area (Å²) in [6, 6.07) is 14.5. The second-order valence-corrected chi connectivity index (χ2v) is 6.10. The van der Waals surface area contributed by atoms with Crippen LogP contribution in [0, 0.1) is 0 Å². The van der Waals surface area contributed by atoms with Crippen molar-refractivity contribution >= 4 is 45.6 Å². The Morgan fingerprint density at radius 1 is 1.19 bits per heavy atom. The van der Waals surface area contributed by atoms with E-state index in [4.69, 9.17) is 16.6 Å². The van der Waals surface area contributed by atoms with Crippen molar-refractivity contribution in [3.8, 4) is 0 Å². The number of anilines is 2. The van der Waals surface area contributed by atoms with Gasteiger partial charge >= 0.3 is 5.97 Å². The number of carboxylic acids is 1. The van der Waals surface area contributed by atoms with Gasteiger partial charge in [-0.3, -0.25) is 9.82 Å². The molecule has 2 aromatic carbocycles. The van der Waals surface area contributed by atoms with Crippen LogP contribution in [0.15, 0.2) is 60.9 Å². The minimum Gasteiger partial charge on any atom is -0.478 e. The SMILES string of the molecule is O=C(O)c1ccccc1Nc1ccnc2ccc(C3=CN(Cl)OC3)cc12. The third-order valence-electron chi connectivity index (χ3n) is 4.14. The van der Waals surface area contributed by atoms with Crippen LogP contribution in [0.3, 0.4) is 0 Å². The standard InChI is InChI=1S/C19H14ClN3O3/c20-23-10-13(11-26-23)12-5-6-16-15(9-12)18(7-8-21-16)22-17-4-2-1-3-14(17)19(24)25/h1-10H,11H2,(H,21,22)(H,24,25). The maximum atomic E-state index is 11.4. The zero-order valence-electron chi connectivity index (χ0n) is 13.5. The van der Waals surface area contributed by atoms with Crippen molar-refractivity contribution in [2.75, 3.05) is 11.9 Å². The van der Waals surface area contributed by atoms with Gasteiger partial charge in [-0.2, -0.15) is 4.58 Å². The van der Waals surface area contributed by atoms with Crippen molar-refractivity contribution in [3.63, 3.8) is 0 Å².